The smallest absolute Gasteiger partial charge is 0.289 e. The molecular formula is C13H16N4O2. The Balaban J connectivity index is 2.04. The van der Waals surface area contributed by atoms with Crippen LogP contribution in [0, 0.1) is 33.3 Å². The lowest BCUT2D eigenvalue weighted by Crippen LogP contribution is -2.13. The van der Waals surface area contributed by atoms with Gasteiger partial charge in [-0.05, 0) is 24.7 Å². The lowest BCUT2D eigenvalue weighted by atomic mass is 10.1. The highest BCUT2D eigenvalue weighted by Gasteiger charge is 2.21. The number of rotatable bonds is 4. The second-order valence-corrected chi connectivity index (χ2v) is 5.12. The molecule has 100 valence electrons. The molecule has 0 aliphatic heterocycles. The summed E-state index contributed by atoms with van der Waals surface area (Å²) in [6, 6.07) is 3.20. The summed E-state index contributed by atoms with van der Waals surface area (Å²) in [6.07, 6.45) is 4.79. The number of pyridine rings is 1. The molecule has 1 aromatic heterocycles. The average molecular weight is 260 g/mol. The van der Waals surface area contributed by atoms with E-state index in [1.54, 1.807) is 0 Å². The van der Waals surface area contributed by atoms with Crippen LogP contribution in [0.25, 0.3) is 0 Å². The SMILES string of the molecule is CC1CCC(CNc2ncc([N+](=O)[O-])cc2C#N)C1. The zero-order chi connectivity index (χ0) is 13.8. The van der Waals surface area contributed by atoms with E-state index in [-0.39, 0.29) is 11.3 Å². The van der Waals surface area contributed by atoms with Crippen molar-refractivity contribution >= 4 is 11.5 Å². The van der Waals surface area contributed by atoms with Crippen molar-refractivity contribution in [1.82, 2.24) is 4.98 Å². The number of nitrogens with zero attached hydrogens (tertiary/aromatic N) is 3. The highest BCUT2D eigenvalue weighted by molar-refractivity contribution is 5.55. The first-order valence-electron chi connectivity index (χ1n) is 6.38. The van der Waals surface area contributed by atoms with Gasteiger partial charge in [-0.25, -0.2) is 4.98 Å². The van der Waals surface area contributed by atoms with E-state index in [1.807, 2.05) is 6.07 Å². The van der Waals surface area contributed by atoms with Crippen LogP contribution < -0.4 is 5.32 Å². The lowest BCUT2D eigenvalue weighted by Gasteiger charge is -2.12. The third kappa shape index (κ3) is 3.19. The molecule has 2 atom stereocenters. The Morgan fingerprint density at radius 3 is 3.00 bits per heavy atom. The maximum absolute atomic E-state index is 10.6. The first kappa shape index (κ1) is 13.3. The minimum absolute atomic E-state index is 0.156. The maximum atomic E-state index is 10.6. The van der Waals surface area contributed by atoms with Crippen molar-refractivity contribution in [1.29, 1.82) is 5.26 Å². The van der Waals surface area contributed by atoms with Crippen LogP contribution in [0.4, 0.5) is 11.5 Å². The van der Waals surface area contributed by atoms with Gasteiger partial charge in [-0.15, -0.1) is 0 Å². The maximum Gasteiger partial charge on any atom is 0.289 e. The van der Waals surface area contributed by atoms with Crippen LogP contribution >= 0.6 is 0 Å². The van der Waals surface area contributed by atoms with Gasteiger partial charge in [-0.3, -0.25) is 10.1 Å². The van der Waals surface area contributed by atoms with E-state index in [0.29, 0.717) is 11.7 Å². The lowest BCUT2D eigenvalue weighted by molar-refractivity contribution is -0.385. The van der Waals surface area contributed by atoms with Gasteiger partial charge in [0.1, 0.15) is 23.6 Å². The molecule has 6 nitrogen and oxygen atoms in total. The number of hydrogen-bond donors (Lipinski definition) is 1. The van der Waals surface area contributed by atoms with Crippen LogP contribution in [0.1, 0.15) is 31.7 Å². The van der Waals surface area contributed by atoms with Crippen molar-refractivity contribution < 1.29 is 4.92 Å². The Morgan fingerprint density at radius 2 is 2.42 bits per heavy atom. The molecular weight excluding hydrogens is 244 g/mol. The summed E-state index contributed by atoms with van der Waals surface area (Å²) in [4.78, 5) is 14.0. The summed E-state index contributed by atoms with van der Waals surface area (Å²) < 4.78 is 0. The molecule has 0 saturated heterocycles. The number of anilines is 1. The summed E-state index contributed by atoms with van der Waals surface area (Å²) in [5.41, 5.74) is 0.0665. The molecule has 0 radical (unpaired) electrons. The van der Waals surface area contributed by atoms with E-state index in [2.05, 4.69) is 17.2 Å². The Labute approximate surface area is 111 Å². The normalized spacial score (nSPS) is 21.9. The van der Waals surface area contributed by atoms with Crippen molar-refractivity contribution in [2.24, 2.45) is 11.8 Å². The monoisotopic (exact) mass is 260 g/mol. The zero-order valence-corrected chi connectivity index (χ0v) is 10.8. The van der Waals surface area contributed by atoms with Gasteiger partial charge in [0.2, 0.25) is 0 Å². The molecule has 0 spiro atoms. The topological polar surface area (TPSA) is 91.8 Å². The third-order valence-corrected chi connectivity index (χ3v) is 3.57. The minimum atomic E-state index is -0.545. The van der Waals surface area contributed by atoms with Crippen molar-refractivity contribution in [3.63, 3.8) is 0 Å². The number of aromatic nitrogens is 1. The van der Waals surface area contributed by atoms with Crippen molar-refractivity contribution in [2.75, 3.05) is 11.9 Å². The van der Waals surface area contributed by atoms with Crippen LogP contribution in [-0.4, -0.2) is 16.5 Å². The molecule has 1 saturated carbocycles. The summed E-state index contributed by atoms with van der Waals surface area (Å²) in [7, 11) is 0. The quantitative estimate of drug-likeness (QED) is 0.663. The van der Waals surface area contributed by atoms with Crippen LogP contribution in [0.15, 0.2) is 12.3 Å². The molecule has 0 amide bonds. The predicted octanol–water partition coefficient (Wildman–Crippen LogP) is 2.71. The molecule has 19 heavy (non-hydrogen) atoms. The Bertz CT molecular complexity index is 524. The van der Waals surface area contributed by atoms with E-state index in [9.17, 15) is 10.1 Å². The Morgan fingerprint density at radius 1 is 1.63 bits per heavy atom. The van der Waals surface area contributed by atoms with Gasteiger partial charge in [0.25, 0.3) is 5.69 Å². The zero-order valence-electron chi connectivity index (χ0n) is 10.8. The molecule has 1 fully saturated rings. The number of nitro groups is 1. The van der Waals surface area contributed by atoms with Crippen molar-refractivity contribution in [3.05, 3.63) is 27.9 Å². The van der Waals surface area contributed by atoms with Gasteiger partial charge in [0, 0.05) is 12.6 Å². The van der Waals surface area contributed by atoms with E-state index in [4.69, 9.17) is 5.26 Å². The minimum Gasteiger partial charge on any atom is -0.369 e. The van der Waals surface area contributed by atoms with E-state index < -0.39 is 4.92 Å². The summed E-state index contributed by atoms with van der Waals surface area (Å²) in [6.45, 7) is 3.01. The standard InChI is InChI=1S/C13H16N4O2/c1-9-2-3-10(4-9)7-15-13-11(6-14)5-12(8-16-13)17(18)19/h5,8-10H,2-4,7H2,1H3,(H,15,16). The molecule has 1 heterocycles. The first-order valence-corrected chi connectivity index (χ1v) is 6.38. The summed E-state index contributed by atoms with van der Waals surface area (Å²) in [5.74, 6) is 1.79. The van der Waals surface area contributed by atoms with Gasteiger partial charge in [-0.2, -0.15) is 5.26 Å². The van der Waals surface area contributed by atoms with Crippen molar-refractivity contribution in [2.45, 2.75) is 26.2 Å². The fourth-order valence-corrected chi connectivity index (χ4v) is 2.53. The molecule has 1 aliphatic carbocycles. The predicted molar refractivity (Wildman–Crippen MR) is 70.6 cm³/mol. The highest BCUT2D eigenvalue weighted by atomic mass is 16.6. The van der Waals surface area contributed by atoms with E-state index >= 15 is 0 Å². The number of nitriles is 1. The van der Waals surface area contributed by atoms with Gasteiger partial charge >= 0.3 is 0 Å². The largest absolute Gasteiger partial charge is 0.369 e. The van der Waals surface area contributed by atoms with Crippen LogP contribution in [0.3, 0.4) is 0 Å². The molecule has 2 unspecified atom stereocenters. The van der Waals surface area contributed by atoms with E-state index in [1.165, 1.54) is 31.5 Å². The van der Waals surface area contributed by atoms with Crippen molar-refractivity contribution in [3.8, 4) is 6.07 Å². The Hall–Kier alpha value is -2.16. The van der Waals surface area contributed by atoms with Gasteiger partial charge in [0.05, 0.1) is 4.92 Å². The summed E-state index contributed by atoms with van der Waals surface area (Å²) >= 11 is 0. The second kappa shape index (κ2) is 5.65. The average Bonchev–Trinajstić information content (AvgIpc) is 2.81. The van der Waals surface area contributed by atoms with Crippen LogP contribution in [0.2, 0.25) is 0 Å². The second-order valence-electron chi connectivity index (χ2n) is 5.12. The molecule has 0 aromatic carbocycles. The van der Waals surface area contributed by atoms with Gasteiger partial charge in [0.15, 0.2) is 0 Å². The van der Waals surface area contributed by atoms with Gasteiger partial charge < -0.3 is 5.32 Å². The van der Waals surface area contributed by atoms with Gasteiger partial charge in [-0.1, -0.05) is 13.3 Å². The molecule has 1 aromatic rings. The fraction of sp³-hybridized carbons (Fsp3) is 0.538. The van der Waals surface area contributed by atoms with Crippen LogP contribution in [-0.2, 0) is 0 Å². The third-order valence-electron chi connectivity index (χ3n) is 3.57. The number of hydrogen-bond acceptors (Lipinski definition) is 5. The number of nitrogens with one attached hydrogen (secondary N) is 1. The highest BCUT2D eigenvalue weighted by Crippen LogP contribution is 2.30. The molecule has 1 N–H and O–H groups in total. The van der Waals surface area contributed by atoms with E-state index in [0.717, 1.165) is 12.5 Å². The fourth-order valence-electron chi connectivity index (χ4n) is 2.53. The van der Waals surface area contributed by atoms with Crippen LogP contribution in [0.5, 0.6) is 0 Å². The molecule has 2 rings (SSSR count). The molecule has 1 aliphatic rings. The first-order chi connectivity index (χ1) is 9.10. The summed E-state index contributed by atoms with van der Waals surface area (Å²) in [5, 5.41) is 22.8. The molecule has 0 bridgehead atoms. The molecule has 6 heteroatoms. The Kier molecular flexibility index (Phi) is 3.95.